The number of carboxylic acid groups (broad SMARTS) is 1. The lowest BCUT2D eigenvalue weighted by molar-refractivity contribution is -0.139. The maximum absolute atomic E-state index is 12.8. The lowest BCUT2D eigenvalue weighted by atomic mass is 10.0. The van der Waals surface area contributed by atoms with Crippen LogP contribution in [0.4, 0.5) is 0 Å². The number of aliphatic carboxylic acids is 1. The van der Waals surface area contributed by atoms with Crippen molar-refractivity contribution in [1.29, 1.82) is 0 Å². The van der Waals surface area contributed by atoms with Gasteiger partial charge in [0.15, 0.2) is 0 Å². The Balaban J connectivity index is 1.59. The van der Waals surface area contributed by atoms with Gasteiger partial charge < -0.3 is 10.4 Å². The number of nitrogens with zero attached hydrogens (tertiary/aromatic N) is 1. The SMILES string of the molecule is O=C(N[C@@H](Cc1ccc2ccccc2c1)C(=O)O)c1ccnc2ccccc12. The number of rotatable bonds is 5. The highest BCUT2D eigenvalue weighted by atomic mass is 16.4. The van der Waals surface area contributed by atoms with Crippen molar-refractivity contribution in [3.63, 3.8) is 0 Å². The Morgan fingerprint density at radius 1 is 0.929 bits per heavy atom. The summed E-state index contributed by atoms with van der Waals surface area (Å²) in [6.07, 6.45) is 1.76. The first kappa shape index (κ1) is 17.7. The fraction of sp³-hybridized carbons (Fsp3) is 0.0870. The van der Waals surface area contributed by atoms with Gasteiger partial charge in [-0.25, -0.2) is 4.79 Å². The van der Waals surface area contributed by atoms with Gasteiger partial charge in [-0.15, -0.1) is 0 Å². The third-order valence-corrected chi connectivity index (χ3v) is 4.75. The van der Waals surface area contributed by atoms with Crippen molar-refractivity contribution < 1.29 is 14.7 Å². The summed E-state index contributed by atoms with van der Waals surface area (Å²) in [5, 5.41) is 15.1. The number of hydrogen-bond acceptors (Lipinski definition) is 3. The summed E-state index contributed by atoms with van der Waals surface area (Å²) in [6.45, 7) is 0. The van der Waals surface area contributed by atoms with Gasteiger partial charge in [0.25, 0.3) is 5.91 Å². The van der Waals surface area contributed by atoms with Crippen LogP contribution in [0.25, 0.3) is 21.7 Å². The van der Waals surface area contributed by atoms with E-state index in [9.17, 15) is 14.7 Å². The molecule has 3 aromatic carbocycles. The summed E-state index contributed by atoms with van der Waals surface area (Å²) in [4.78, 5) is 28.8. The zero-order chi connectivity index (χ0) is 19.5. The van der Waals surface area contributed by atoms with Crippen molar-refractivity contribution in [2.45, 2.75) is 12.5 Å². The van der Waals surface area contributed by atoms with Crippen LogP contribution in [-0.2, 0) is 11.2 Å². The van der Waals surface area contributed by atoms with Crippen LogP contribution in [0.3, 0.4) is 0 Å². The van der Waals surface area contributed by atoms with Crippen LogP contribution in [-0.4, -0.2) is 28.0 Å². The molecule has 0 saturated heterocycles. The molecule has 2 N–H and O–H groups in total. The molecule has 4 aromatic rings. The van der Waals surface area contributed by atoms with E-state index in [0.717, 1.165) is 16.3 Å². The normalized spacial score (nSPS) is 12.0. The summed E-state index contributed by atoms with van der Waals surface area (Å²) >= 11 is 0. The number of carboxylic acids is 1. The lowest BCUT2D eigenvalue weighted by Gasteiger charge is -2.16. The van der Waals surface area contributed by atoms with Gasteiger partial charge in [-0.3, -0.25) is 9.78 Å². The van der Waals surface area contributed by atoms with Crippen molar-refractivity contribution >= 4 is 33.6 Å². The van der Waals surface area contributed by atoms with E-state index in [1.54, 1.807) is 18.3 Å². The van der Waals surface area contributed by atoms with Gasteiger partial charge in [-0.1, -0.05) is 60.7 Å². The molecule has 138 valence electrons. The second kappa shape index (κ2) is 7.48. The van der Waals surface area contributed by atoms with Crippen LogP contribution in [0.5, 0.6) is 0 Å². The molecule has 0 aliphatic rings. The van der Waals surface area contributed by atoms with Gasteiger partial charge in [0, 0.05) is 18.0 Å². The fourth-order valence-corrected chi connectivity index (χ4v) is 3.33. The Morgan fingerprint density at radius 3 is 2.50 bits per heavy atom. The number of benzene rings is 3. The standard InChI is InChI=1S/C23H18N2O3/c26-22(19-11-12-24-20-8-4-3-7-18(19)20)25-21(23(27)28)14-15-9-10-16-5-1-2-6-17(16)13-15/h1-13,21H,14H2,(H,25,26)(H,27,28)/t21-/m0/s1. The molecule has 0 bridgehead atoms. The molecule has 0 fully saturated rings. The van der Waals surface area contributed by atoms with E-state index in [4.69, 9.17) is 0 Å². The van der Waals surface area contributed by atoms with E-state index in [0.29, 0.717) is 16.5 Å². The summed E-state index contributed by atoms with van der Waals surface area (Å²) in [6, 6.07) is 21.6. The maximum Gasteiger partial charge on any atom is 0.326 e. The van der Waals surface area contributed by atoms with Gasteiger partial charge in [0.05, 0.1) is 11.1 Å². The Bertz CT molecular complexity index is 1180. The van der Waals surface area contributed by atoms with E-state index < -0.39 is 17.9 Å². The molecule has 0 radical (unpaired) electrons. The molecule has 0 unspecified atom stereocenters. The number of amides is 1. The Hall–Kier alpha value is -3.73. The largest absolute Gasteiger partial charge is 0.480 e. The number of carbonyl (C=O) groups is 2. The molecule has 1 atom stereocenters. The average molecular weight is 370 g/mol. The molecular formula is C23H18N2O3. The van der Waals surface area contributed by atoms with Crippen LogP contribution < -0.4 is 5.32 Å². The van der Waals surface area contributed by atoms with Crippen LogP contribution >= 0.6 is 0 Å². The summed E-state index contributed by atoms with van der Waals surface area (Å²) in [5.74, 6) is -1.49. The van der Waals surface area contributed by atoms with E-state index in [-0.39, 0.29) is 6.42 Å². The first-order chi connectivity index (χ1) is 13.6. The highest BCUT2D eigenvalue weighted by Crippen LogP contribution is 2.18. The molecule has 1 amide bonds. The molecule has 1 aromatic heterocycles. The van der Waals surface area contributed by atoms with E-state index in [1.807, 2.05) is 60.7 Å². The predicted octanol–water partition coefficient (Wildman–Crippen LogP) is 3.81. The van der Waals surface area contributed by atoms with Crippen molar-refractivity contribution in [2.75, 3.05) is 0 Å². The van der Waals surface area contributed by atoms with Crippen LogP contribution in [0, 0.1) is 0 Å². The Kier molecular flexibility index (Phi) is 4.72. The van der Waals surface area contributed by atoms with E-state index >= 15 is 0 Å². The predicted molar refractivity (Wildman–Crippen MR) is 108 cm³/mol. The highest BCUT2D eigenvalue weighted by molar-refractivity contribution is 6.07. The molecule has 5 heteroatoms. The van der Waals surface area contributed by atoms with Gasteiger partial charge >= 0.3 is 5.97 Å². The molecule has 5 nitrogen and oxygen atoms in total. The van der Waals surface area contributed by atoms with Crippen molar-refractivity contribution in [2.24, 2.45) is 0 Å². The number of para-hydroxylation sites is 1. The number of fused-ring (bicyclic) bond motifs is 2. The first-order valence-electron chi connectivity index (χ1n) is 8.97. The Labute approximate surface area is 161 Å². The lowest BCUT2D eigenvalue weighted by Crippen LogP contribution is -2.42. The van der Waals surface area contributed by atoms with Crippen LogP contribution in [0.1, 0.15) is 15.9 Å². The van der Waals surface area contributed by atoms with Gasteiger partial charge in [0.2, 0.25) is 0 Å². The number of hydrogen-bond donors (Lipinski definition) is 2. The number of pyridine rings is 1. The fourth-order valence-electron chi connectivity index (χ4n) is 3.33. The molecule has 0 spiro atoms. The summed E-state index contributed by atoms with van der Waals surface area (Å²) in [5.41, 5.74) is 1.96. The summed E-state index contributed by atoms with van der Waals surface area (Å²) < 4.78 is 0. The quantitative estimate of drug-likeness (QED) is 0.560. The zero-order valence-corrected chi connectivity index (χ0v) is 15.0. The summed E-state index contributed by atoms with van der Waals surface area (Å²) in [7, 11) is 0. The smallest absolute Gasteiger partial charge is 0.326 e. The van der Waals surface area contributed by atoms with Gasteiger partial charge in [-0.2, -0.15) is 0 Å². The highest BCUT2D eigenvalue weighted by Gasteiger charge is 2.22. The molecule has 0 aliphatic heterocycles. The monoisotopic (exact) mass is 370 g/mol. The molecule has 28 heavy (non-hydrogen) atoms. The maximum atomic E-state index is 12.8. The minimum atomic E-state index is -1.07. The van der Waals surface area contributed by atoms with Crippen molar-refractivity contribution in [3.8, 4) is 0 Å². The molecule has 1 heterocycles. The second-order valence-corrected chi connectivity index (χ2v) is 6.63. The topological polar surface area (TPSA) is 79.3 Å². The second-order valence-electron chi connectivity index (χ2n) is 6.63. The van der Waals surface area contributed by atoms with Crippen LogP contribution in [0.2, 0.25) is 0 Å². The number of carbonyl (C=O) groups excluding carboxylic acids is 1. The van der Waals surface area contributed by atoms with Gasteiger partial charge in [-0.05, 0) is 28.5 Å². The van der Waals surface area contributed by atoms with Crippen LogP contribution in [0.15, 0.2) is 79.0 Å². The third kappa shape index (κ3) is 3.55. The molecule has 0 aliphatic carbocycles. The average Bonchev–Trinajstić information content (AvgIpc) is 2.72. The Morgan fingerprint density at radius 2 is 1.68 bits per heavy atom. The van der Waals surface area contributed by atoms with Crippen molar-refractivity contribution in [1.82, 2.24) is 10.3 Å². The molecular weight excluding hydrogens is 352 g/mol. The minimum absolute atomic E-state index is 0.203. The van der Waals surface area contributed by atoms with E-state index in [1.165, 1.54) is 0 Å². The zero-order valence-electron chi connectivity index (χ0n) is 15.0. The molecule has 4 rings (SSSR count). The van der Waals surface area contributed by atoms with Crippen molar-refractivity contribution in [3.05, 3.63) is 90.1 Å². The number of nitrogens with one attached hydrogen (secondary N) is 1. The third-order valence-electron chi connectivity index (χ3n) is 4.75. The molecule has 0 saturated carbocycles. The minimum Gasteiger partial charge on any atom is -0.480 e. The first-order valence-corrected chi connectivity index (χ1v) is 8.97. The van der Waals surface area contributed by atoms with Gasteiger partial charge in [0.1, 0.15) is 6.04 Å². The number of aromatic nitrogens is 1. The van der Waals surface area contributed by atoms with E-state index in [2.05, 4.69) is 10.3 Å².